The summed E-state index contributed by atoms with van der Waals surface area (Å²) in [7, 11) is 0. The Morgan fingerprint density at radius 1 is 1.19 bits per heavy atom. The molecule has 1 aliphatic carbocycles. The molecule has 0 spiro atoms. The van der Waals surface area contributed by atoms with Crippen LogP contribution in [0.3, 0.4) is 0 Å². The third-order valence-corrected chi connectivity index (χ3v) is 5.85. The Morgan fingerprint density at radius 2 is 1.89 bits per heavy atom. The first kappa shape index (κ1) is 20.7. The number of nitrogens with zero attached hydrogens (tertiary/aromatic N) is 1. The molecule has 27 heavy (non-hydrogen) atoms. The summed E-state index contributed by atoms with van der Waals surface area (Å²) in [5.74, 6) is 1.47. The fourth-order valence-electron chi connectivity index (χ4n) is 3.58. The number of hydrogen-bond donors (Lipinski definition) is 2. The minimum atomic E-state index is 0.426. The van der Waals surface area contributed by atoms with Crippen molar-refractivity contribution in [2.24, 2.45) is 0 Å². The summed E-state index contributed by atoms with van der Waals surface area (Å²) in [5, 5.41) is 12.8. The molecule has 0 saturated heterocycles. The van der Waals surface area contributed by atoms with E-state index in [2.05, 4.69) is 36.6 Å². The Balaban J connectivity index is 1.82. The van der Waals surface area contributed by atoms with E-state index in [1.807, 2.05) is 18.2 Å². The Kier molecular flexibility index (Phi) is 7.21. The topological polar surface area (TPSA) is 50.1 Å². The highest BCUT2D eigenvalue weighted by atomic mass is 35.5. The lowest BCUT2D eigenvalue weighted by atomic mass is 10.0. The van der Waals surface area contributed by atoms with Crippen LogP contribution in [0, 0.1) is 0 Å². The number of nitrogens with one attached hydrogen (secondary N) is 2. The van der Waals surface area contributed by atoms with E-state index in [0.717, 1.165) is 54.8 Å². The number of hydrogen-bond acceptors (Lipinski definition) is 4. The van der Waals surface area contributed by atoms with Crippen LogP contribution < -0.4 is 10.6 Å². The molecule has 0 amide bonds. The maximum Gasteiger partial charge on any atom is 0.144 e. The van der Waals surface area contributed by atoms with Gasteiger partial charge in [0, 0.05) is 35.7 Å². The molecule has 0 radical (unpaired) electrons. The number of rotatable bonds is 10. The average Bonchev–Trinajstić information content (AvgIpc) is 3.40. The van der Waals surface area contributed by atoms with Gasteiger partial charge in [0.25, 0.3) is 0 Å². The molecule has 4 nitrogen and oxygen atoms in total. The minimum Gasteiger partial charge on any atom is -0.360 e. The van der Waals surface area contributed by atoms with Crippen molar-refractivity contribution in [1.82, 2.24) is 15.8 Å². The molecule has 0 aliphatic heterocycles. The maximum absolute atomic E-state index is 6.44. The van der Waals surface area contributed by atoms with Gasteiger partial charge < -0.3 is 15.2 Å². The molecule has 1 aromatic heterocycles. The van der Waals surface area contributed by atoms with Crippen molar-refractivity contribution in [2.45, 2.75) is 71.0 Å². The molecular formula is C21H29Cl2N3O. The number of aromatic nitrogens is 1. The summed E-state index contributed by atoms with van der Waals surface area (Å²) in [6.07, 6.45) is 4.47. The summed E-state index contributed by atoms with van der Waals surface area (Å²) in [5.41, 5.74) is 2.64. The molecule has 1 aliphatic rings. The molecule has 6 heteroatoms. The summed E-state index contributed by atoms with van der Waals surface area (Å²) < 4.78 is 5.75. The van der Waals surface area contributed by atoms with Gasteiger partial charge in [0.15, 0.2) is 0 Å². The quantitative estimate of drug-likeness (QED) is 0.521. The molecule has 1 aromatic carbocycles. The van der Waals surface area contributed by atoms with Gasteiger partial charge in [0.05, 0.1) is 10.0 Å². The van der Waals surface area contributed by atoms with E-state index in [1.54, 1.807) is 0 Å². The molecule has 1 saturated carbocycles. The van der Waals surface area contributed by atoms with Gasteiger partial charge in [0.2, 0.25) is 0 Å². The average molecular weight is 410 g/mol. The first-order valence-electron chi connectivity index (χ1n) is 9.94. The van der Waals surface area contributed by atoms with Crippen LogP contribution in [0.25, 0.3) is 11.3 Å². The zero-order valence-electron chi connectivity index (χ0n) is 16.3. The fraction of sp³-hybridized carbons (Fsp3) is 0.571. The lowest BCUT2D eigenvalue weighted by molar-refractivity contribution is 0.379. The Labute approximate surface area is 172 Å². The molecule has 1 heterocycles. The van der Waals surface area contributed by atoms with Crippen LogP contribution >= 0.6 is 23.2 Å². The molecule has 2 aromatic rings. The van der Waals surface area contributed by atoms with Crippen molar-refractivity contribution < 1.29 is 4.52 Å². The van der Waals surface area contributed by atoms with Crippen LogP contribution in [0.4, 0.5) is 0 Å². The minimum absolute atomic E-state index is 0.426. The van der Waals surface area contributed by atoms with E-state index in [4.69, 9.17) is 27.7 Å². The SMILES string of the molecule is CCNC(C)CC(CC)NCc1c(-c2c(Cl)cccc2Cl)noc1C1CC1. The second-order valence-electron chi connectivity index (χ2n) is 7.43. The summed E-state index contributed by atoms with van der Waals surface area (Å²) >= 11 is 12.9. The smallest absolute Gasteiger partial charge is 0.144 e. The molecule has 1 fully saturated rings. The first-order chi connectivity index (χ1) is 13.0. The number of halogens is 2. The summed E-state index contributed by atoms with van der Waals surface area (Å²) in [4.78, 5) is 0. The van der Waals surface area contributed by atoms with Crippen molar-refractivity contribution >= 4 is 23.2 Å². The van der Waals surface area contributed by atoms with Gasteiger partial charge in [-0.2, -0.15) is 0 Å². The van der Waals surface area contributed by atoms with Gasteiger partial charge in [0.1, 0.15) is 11.5 Å². The van der Waals surface area contributed by atoms with Crippen molar-refractivity contribution in [1.29, 1.82) is 0 Å². The molecule has 0 bridgehead atoms. The Hall–Kier alpha value is -1.07. The van der Waals surface area contributed by atoms with E-state index in [1.165, 1.54) is 0 Å². The lowest BCUT2D eigenvalue weighted by Crippen LogP contribution is -2.36. The van der Waals surface area contributed by atoms with Gasteiger partial charge in [-0.25, -0.2) is 0 Å². The molecule has 2 N–H and O–H groups in total. The van der Waals surface area contributed by atoms with Crippen molar-refractivity contribution in [3.63, 3.8) is 0 Å². The fourth-order valence-corrected chi connectivity index (χ4v) is 4.16. The normalized spacial score (nSPS) is 16.5. The zero-order valence-corrected chi connectivity index (χ0v) is 17.8. The molecule has 2 atom stereocenters. The molecule has 148 valence electrons. The summed E-state index contributed by atoms with van der Waals surface area (Å²) in [6, 6.07) is 6.45. The molecular weight excluding hydrogens is 381 g/mol. The third kappa shape index (κ3) is 5.05. The molecule has 2 unspecified atom stereocenters. The van der Waals surface area contributed by atoms with Gasteiger partial charge >= 0.3 is 0 Å². The van der Waals surface area contributed by atoms with E-state index < -0.39 is 0 Å². The van der Waals surface area contributed by atoms with Gasteiger partial charge in [-0.15, -0.1) is 0 Å². The highest BCUT2D eigenvalue weighted by Gasteiger charge is 2.33. The molecule has 3 rings (SSSR count). The van der Waals surface area contributed by atoms with Gasteiger partial charge in [-0.3, -0.25) is 0 Å². The van der Waals surface area contributed by atoms with Crippen LogP contribution in [0.5, 0.6) is 0 Å². The highest BCUT2D eigenvalue weighted by Crippen LogP contribution is 2.45. The van der Waals surface area contributed by atoms with Crippen LogP contribution in [0.15, 0.2) is 22.7 Å². The van der Waals surface area contributed by atoms with E-state index in [9.17, 15) is 0 Å². The predicted molar refractivity (Wildman–Crippen MR) is 113 cm³/mol. The lowest BCUT2D eigenvalue weighted by Gasteiger charge is -2.22. The second kappa shape index (κ2) is 9.42. The van der Waals surface area contributed by atoms with Crippen molar-refractivity contribution in [3.8, 4) is 11.3 Å². The van der Waals surface area contributed by atoms with E-state index >= 15 is 0 Å². The van der Waals surface area contributed by atoms with Gasteiger partial charge in [-0.1, -0.05) is 48.3 Å². The van der Waals surface area contributed by atoms with Crippen LogP contribution in [0.1, 0.15) is 63.7 Å². The number of benzene rings is 1. The predicted octanol–water partition coefficient (Wildman–Crippen LogP) is 5.78. The highest BCUT2D eigenvalue weighted by molar-refractivity contribution is 6.39. The van der Waals surface area contributed by atoms with Crippen molar-refractivity contribution in [2.75, 3.05) is 6.54 Å². The van der Waals surface area contributed by atoms with Gasteiger partial charge in [-0.05, 0) is 51.3 Å². The van der Waals surface area contributed by atoms with Crippen molar-refractivity contribution in [3.05, 3.63) is 39.6 Å². The second-order valence-corrected chi connectivity index (χ2v) is 8.24. The van der Waals surface area contributed by atoms with Crippen LogP contribution in [-0.4, -0.2) is 23.8 Å². The largest absolute Gasteiger partial charge is 0.360 e. The first-order valence-corrected chi connectivity index (χ1v) is 10.7. The maximum atomic E-state index is 6.44. The van der Waals surface area contributed by atoms with Crippen LogP contribution in [-0.2, 0) is 6.54 Å². The standard InChI is InChI=1S/C21H29Cl2N3O/c1-4-15(11-13(3)24-5-2)25-12-16-20(26-27-21(16)14-9-10-14)19-17(22)7-6-8-18(19)23/h6-8,13-15,24-25H,4-5,9-12H2,1-3H3. The third-order valence-electron chi connectivity index (χ3n) is 5.22. The van der Waals surface area contributed by atoms with E-state index in [0.29, 0.717) is 34.6 Å². The summed E-state index contributed by atoms with van der Waals surface area (Å²) in [6.45, 7) is 8.30. The van der Waals surface area contributed by atoms with E-state index in [-0.39, 0.29) is 0 Å². The van der Waals surface area contributed by atoms with Crippen LogP contribution in [0.2, 0.25) is 10.0 Å². The zero-order chi connectivity index (χ0) is 19.4. The Bertz CT molecular complexity index is 738. The monoisotopic (exact) mass is 409 g/mol. The Morgan fingerprint density at radius 3 is 2.48 bits per heavy atom.